The van der Waals surface area contributed by atoms with Crippen LogP contribution in [0.5, 0.6) is 0 Å². The Hall–Kier alpha value is -3.17. The highest BCUT2D eigenvalue weighted by atomic mass is 19.1. The van der Waals surface area contributed by atoms with Gasteiger partial charge in [-0.1, -0.05) is 42.5 Å². The van der Waals surface area contributed by atoms with E-state index in [0.29, 0.717) is 11.0 Å². The molecule has 0 aromatic heterocycles. The number of carbonyl (C=O) groups excluding carboxylic acids is 1. The number of carboxylic acid groups (broad SMARTS) is 1. The van der Waals surface area contributed by atoms with Crippen molar-refractivity contribution in [3.05, 3.63) is 76.5 Å². The molecule has 1 aliphatic rings. The molecule has 0 unspecified atom stereocenters. The van der Waals surface area contributed by atoms with Crippen LogP contribution in [0.1, 0.15) is 44.4 Å². The number of hydrogen-bond donors (Lipinski definition) is 2. The average Bonchev–Trinajstić information content (AvgIpc) is 2.98. The van der Waals surface area contributed by atoms with E-state index >= 15 is 0 Å². The first-order valence-corrected chi connectivity index (χ1v) is 11.0. The maximum atomic E-state index is 14.6. The van der Waals surface area contributed by atoms with Crippen LogP contribution in [-0.2, 0) is 31.9 Å². The minimum Gasteiger partial charge on any atom is -0.481 e. The van der Waals surface area contributed by atoms with Crippen LogP contribution in [-0.4, -0.2) is 42.0 Å². The fraction of sp³-hybridized carbons (Fsp3) is 0.360. The second-order valence-electron chi connectivity index (χ2n) is 9.15. The molecule has 2 aromatic carbocycles. The van der Waals surface area contributed by atoms with Crippen LogP contribution in [0.3, 0.4) is 0 Å². The molecule has 34 heavy (non-hydrogen) atoms. The van der Waals surface area contributed by atoms with Crippen molar-refractivity contribution >= 4 is 25.3 Å². The minimum absolute atomic E-state index is 0.0208. The standard InChI is InChI=1S/C25H29BFNO6/c1-24(2)25(3,4)34-26(33-24)20(14-19-12-18(13-22(29)30)10-11-21(19)27)15-28-23(31)32-16-17-8-6-5-7-9-17/h5-12,14H,13,15-16H2,1-4H3,(H,28,31)(H,29,30). The fourth-order valence-corrected chi connectivity index (χ4v) is 3.33. The van der Waals surface area contributed by atoms with Gasteiger partial charge in [0.1, 0.15) is 12.4 Å². The molecule has 180 valence electrons. The predicted molar refractivity (Wildman–Crippen MR) is 126 cm³/mol. The van der Waals surface area contributed by atoms with Crippen molar-refractivity contribution in [3.8, 4) is 0 Å². The molecule has 1 amide bonds. The summed E-state index contributed by atoms with van der Waals surface area (Å²) >= 11 is 0. The van der Waals surface area contributed by atoms with E-state index in [9.17, 15) is 14.0 Å². The van der Waals surface area contributed by atoms with Crippen LogP contribution in [0.4, 0.5) is 9.18 Å². The number of halogens is 1. The molecule has 7 nitrogen and oxygen atoms in total. The van der Waals surface area contributed by atoms with E-state index in [2.05, 4.69) is 5.32 Å². The van der Waals surface area contributed by atoms with E-state index in [0.717, 1.165) is 5.56 Å². The van der Waals surface area contributed by atoms with Gasteiger partial charge < -0.3 is 24.5 Å². The normalized spacial score (nSPS) is 16.9. The van der Waals surface area contributed by atoms with Gasteiger partial charge >= 0.3 is 19.2 Å². The number of ether oxygens (including phenoxy) is 1. The highest BCUT2D eigenvalue weighted by Gasteiger charge is 2.52. The largest absolute Gasteiger partial charge is 0.492 e. The number of amides is 1. The summed E-state index contributed by atoms with van der Waals surface area (Å²) in [6.07, 6.45) is 0.628. The molecule has 2 N–H and O–H groups in total. The Balaban J connectivity index is 1.80. The monoisotopic (exact) mass is 469 g/mol. The Labute approximate surface area is 199 Å². The lowest BCUT2D eigenvalue weighted by Crippen LogP contribution is -2.41. The molecule has 1 heterocycles. The van der Waals surface area contributed by atoms with E-state index in [1.54, 1.807) is 0 Å². The van der Waals surface area contributed by atoms with Crippen LogP contribution in [0.25, 0.3) is 6.08 Å². The molecular formula is C25H29BFNO6. The lowest BCUT2D eigenvalue weighted by atomic mass is 9.77. The zero-order valence-corrected chi connectivity index (χ0v) is 19.8. The van der Waals surface area contributed by atoms with Gasteiger partial charge in [-0.25, -0.2) is 9.18 Å². The van der Waals surface area contributed by atoms with Crippen LogP contribution in [0, 0.1) is 5.82 Å². The van der Waals surface area contributed by atoms with Crippen molar-refractivity contribution < 1.29 is 33.1 Å². The quantitative estimate of drug-likeness (QED) is 0.557. The number of alkyl carbamates (subject to hydrolysis) is 1. The van der Waals surface area contributed by atoms with Gasteiger partial charge in [-0.3, -0.25) is 4.79 Å². The molecule has 1 fully saturated rings. The molecule has 9 heteroatoms. The summed E-state index contributed by atoms with van der Waals surface area (Å²) in [6, 6.07) is 13.4. The van der Waals surface area contributed by atoms with Crippen molar-refractivity contribution in [2.24, 2.45) is 0 Å². The van der Waals surface area contributed by atoms with Gasteiger partial charge in [-0.2, -0.15) is 0 Å². The summed E-state index contributed by atoms with van der Waals surface area (Å²) in [5.74, 6) is -1.55. The maximum absolute atomic E-state index is 14.6. The molecule has 0 aliphatic carbocycles. The molecule has 0 saturated carbocycles. The first-order valence-electron chi connectivity index (χ1n) is 11.0. The zero-order chi connectivity index (χ0) is 24.9. The van der Waals surface area contributed by atoms with Gasteiger partial charge in [-0.05, 0) is 56.4 Å². The smallest absolute Gasteiger partial charge is 0.481 e. The Morgan fingerprint density at radius 1 is 1.06 bits per heavy atom. The molecule has 0 atom stereocenters. The number of carbonyl (C=O) groups is 2. The van der Waals surface area contributed by atoms with E-state index in [1.165, 1.54) is 24.3 Å². The van der Waals surface area contributed by atoms with Crippen LogP contribution in [0.2, 0.25) is 0 Å². The molecule has 0 radical (unpaired) electrons. The second-order valence-corrected chi connectivity index (χ2v) is 9.15. The molecular weight excluding hydrogens is 440 g/mol. The molecule has 0 spiro atoms. The Kier molecular flexibility index (Phi) is 7.79. The first-order chi connectivity index (χ1) is 16.0. The lowest BCUT2D eigenvalue weighted by Gasteiger charge is -2.32. The minimum atomic E-state index is -1.02. The van der Waals surface area contributed by atoms with Crippen molar-refractivity contribution in [1.82, 2.24) is 5.32 Å². The highest BCUT2D eigenvalue weighted by molar-refractivity contribution is 6.56. The summed E-state index contributed by atoms with van der Waals surface area (Å²) in [5, 5.41) is 11.7. The lowest BCUT2D eigenvalue weighted by molar-refractivity contribution is -0.136. The SMILES string of the molecule is CC1(C)OB(C(=Cc2cc(CC(=O)O)ccc2F)CNC(=O)OCc2ccccc2)OC1(C)C. The maximum Gasteiger partial charge on any atom is 0.492 e. The summed E-state index contributed by atoms with van der Waals surface area (Å²) < 4.78 is 32.0. The van der Waals surface area contributed by atoms with Gasteiger partial charge in [0, 0.05) is 12.1 Å². The number of rotatable bonds is 8. The highest BCUT2D eigenvalue weighted by Crippen LogP contribution is 2.38. The van der Waals surface area contributed by atoms with Crippen LogP contribution in [0.15, 0.2) is 54.0 Å². The van der Waals surface area contributed by atoms with Crippen molar-refractivity contribution in [2.75, 3.05) is 6.54 Å². The number of benzene rings is 2. The average molecular weight is 469 g/mol. The topological polar surface area (TPSA) is 94.1 Å². The van der Waals surface area contributed by atoms with Gasteiger partial charge in [0.2, 0.25) is 0 Å². The summed E-state index contributed by atoms with van der Waals surface area (Å²) in [4.78, 5) is 23.4. The third-order valence-electron chi connectivity index (χ3n) is 5.96. The molecule has 3 rings (SSSR count). The summed E-state index contributed by atoms with van der Waals surface area (Å²) in [5.41, 5.74) is 0.632. The fourth-order valence-electron chi connectivity index (χ4n) is 3.33. The zero-order valence-electron chi connectivity index (χ0n) is 19.8. The van der Waals surface area contributed by atoms with Crippen molar-refractivity contribution in [2.45, 2.75) is 51.9 Å². The predicted octanol–water partition coefficient (Wildman–Crippen LogP) is 4.39. The molecule has 2 aromatic rings. The molecule has 1 aliphatic heterocycles. The summed E-state index contributed by atoms with van der Waals surface area (Å²) in [6.45, 7) is 7.64. The van der Waals surface area contributed by atoms with Gasteiger partial charge in [0.15, 0.2) is 0 Å². The Morgan fingerprint density at radius 2 is 1.71 bits per heavy atom. The third-order valence-corrected chi connectivity index (χ3v) is 5.96. The number of aliphatic carboxylic acids is 1. The van der Waals surface area contributed by atoms with E-state index < -0.39 is 36.2 Å². The Bertz CT molecular complexity index is 1050. The summed E-state index contributed by atoms with van der Waals surface area (Å²) in [7, 11) is -0.845. The number of nitrogens with one attached hydrogen (secondary N) is 1. The second kappa shape index (κ2) is 10.4. The molecule has 1 saturated heterocycles. The van der Waals surface area contributed by atoms with Crippen LogP contribution < -0.4 is 5.32 Å². The van der Waals surface area contributed by atoms with Crippen molar-refractivity contribution in [3.63, 3.8) is 0 Å². The van der Waals surface area contributed by atoms with Gasteiger partial charge in [0.05, 0.1) is 17.6 Å². The Morgan fingerprint density at radius 3 is 2.32 bits per heavy atom. The van der Waals surface area contributed by atoms with Gasteiger partial charge in [0.25, 0.3) is 0 Å². The first kappa shape index (κ1) is 25.5. The van der Waals surface area contributed by atoms with Crippen LogP contribution >= 0.6 is 0 Å². The number of carboxylic acids is 1. The van der Waals surface area contributed by atoms with E-state index in [1.807, 2.05) is 58.0 Å². The molecule has 0 bridgehead atoms. The van der Waals surface area contributed by atoms with Gasteiger partial charge in [-0.15, -0.1) is 0 Å². The van der Waals surface area contributed by atoms with E-state index in [-0.39, 0.29) is 25.1 Å². The number of hydrogen-bond acceptors (Lipinski definition) is 5. The third kappa shape index (κ3) is 6.45. The van der Waals surface area contributed by atoms with Crippen molar-refractivity contribution in [1.29, 1.82) is 0 Å². The van der Waals surface area contributed by atoms with E-state index in [4.69, 9.17) is 19.2 Å².